The molecule has 0 aliphatic carbocycles. The molecule has 1 aromatic heterocycles. The van der Waals surface area contributed by atoms with E-state index in [1.165, 1.54) is 11.1 Å². The van der Waals surface area contributed by atoms with Gasteiger partial charge in [-0.1, -0.05) is 24.3 Å². The van der Waals surface area contributed by atoms with Gasteiger partial charge in [0.2, 0.25) is 0 Å². The molecule has 0 aliphatic heterocycles. The van der Waals surface area contributed by atoms with E-state index in [9.17, 15) is 0 Å². The number of nitrogens with zero attached hydrogens (tertiary/aromatic N) is 2. The van der Waals surface area contributed by atoms with Crippen molar-refractivity contribution < 1.29 is 0 Å². The molecule has 2 aromatic rings. The first-order valence-corrected chi connectivity index (χ1v) is 6.09. The standard InChI is InChI=1S/C15H19N3/c1-12-6-4-5-7-13(12)11-18(3)15-8-14(16-2)9-17-10-15/h4-10,16H,11H2,1-3H3. The van der Waals surface area contributed by atoms with Crippen LogP contribution in [0.15, 0.2) is 42.7 Å². The summed E-state index contributed by atoms with van der Waals surface area (Å²) in [6.45, 7) is 3.03. The molecule has 1 heterocycles. The third-order valence-corrected chi connectivity index (χ3v) is 3.12. The van der Waals surface area contributed by atoms with Crippen molar-refractivity contribution in [1.82, 2.24) is 4.98 Å². The lowest BCUT2D eigenvalue weighted by molar-refractivity contribution is 0.910. The molecule has 0 unspecified atom stereocenters. The molecule has 1 N–H and O–H groups in total. The summed E-state index contributed by atoms with van der Waals surface area (Å²) in [5.74, 6) is 0. The zero-order valence-electron chi connectivity index (χ0n) is 11.1. The highest BCUT2D eigenvalue weighted by atomic mass is 15.1. The van der Waals surface area contributed by atoms with Crippen LogP contribution in [0.2, 0.25) is 0 Å². The van der Waals surface area contributed by atoms with Crippen LogP contribution >= 0.6 is 0 Å². The summed E-state index contributed by atoms with van der Waals surface area (Å²) >= 11 is 0. The van der Waals surface area contributed by atoms with E-state index in [1.807, 2.05) is 19.4 Å². The molecule has 0 saturated heterocycles. The van der Waals surface area contributed by atoms with Gasteiger partial charge in [0.1, 0.15) is 0 Å². The Morgan fingerprint density at radius 2 is 2.00 bits per heavy atom. The molecular weight excluding hydrogens is 222 g/mol. The van der Waals surface area contributed by atoms with Crippen LogP contribution < -0.4 is 10.2 Å². The van der Waals surface area contributed by atoms with Gasteiger partial charge in [0, 0.05) is 20.6 Å². The normalized spacial score (nSPS) is 10.2. The van der Waals surface area contributed by atoms with Gasteiger partial charge < -0.3 is 10.2 Å². The number of nitrogens with one attached hydrogen (secondary N) is 1. The van der Waals surface area contributed by atoms with Crippen molar-refractivity contribution in [2.75, 3.05) is 24.3 Å². The molecule has 0 bridgehead atoms. The second kappa shape index (κ2) is 5.54. The summed E-state index contributed by atoms with van der Waals surface area (Å²) in [5, 5.41) is 3.11. The van der Waals surface area contributed by atoms with Gasteiger partial charge in [0.05, 0.1) is 23.8 Å². The quantitative estimate of drug-likeness (QED) is 0.891. The van der Waals surface area contributed by atoms with Crippen LogP contribution in [0.5, 0.6) is 0 Å². The molecule has 18 heavy (non-hydrogen) atoms. The maximum Gasteiger partial charge on any atom is 0.0573 e. The number of hydrogen-bond acceptors (Lipinski definition) is 3. The SMILES string of the molecule is CNc1cncc(N(C)Cc2ccccc2C)c1. The first kappa shape index (κ1) is 12.4. The maximum absolute atomic E-state index is 4.24. The van der Waals surface area contributed by atoms with Crippen LogP contribution in [0.1, 0.15) is 11.1 Å². The van der Waals surface area contributed by atoms with Crippen molar-refractivity contribution in [2.24, 2.45) is 0 Å². The molecule has 0 atom stereocenters. The zero-order valence-corrected chi connectivity index (χ0v) is 11.1. The minimum Gasteiger partial charge on any atom is -0.387 e. The van der Waals surface area contributed by atoms with Crippen LogP contribution in [0.25, 0.3) is 0 Å². The summed E-state index contributed by atoms with van der Waals surface area (Å²) < 4.78 is 0. The van der Waals surface area contributed by atoms with E-state index >= 15 is 0 Å². The Morgan fingerprint density at radius 1 is 1.22 bits per heavy atom. The Labute approximate surface area is 108 Å². The number of aromatic nitrogens is 1. The van der Waals surface area contributed by atoms with E-state index in [0.29, 0.717) is 0 Å². The Hall–Kier alpha value is -2.03. The highest BCUT2D eigenvalue weighted by Crippen LogP contribution is 2.19. The lowest BCUT2D eigenvalue weighted by atomic mass is 10.1. The molecule has 0 amide bonds. The van der Waals surface area contributed by atoms with E-state index in [-0.39, 0.29) is 0 Å². The summed E-state index contributed by atoms with van der Waals surface area (Å²) in [5.41, 5.74) is 4.81. The van der Waals surface area contributed by atoms with Crippen LogP contribution in [0.4, 0.5) is 11.4 Å². The average molecular weight is 241 g/mol. The largest absolute Gasteiger partial charge is 0.387 e. The minimum absolute atomic E-state index is 0.890. The highest BCUT2D eigenvalue weighted by molar-refractivity contribution is 5.55. The Kier molecular flexibility index (Phi) is 3.82. The Bertz CT molecular complexity index is 523. The second-order valence-corrected chi connectivity index (χ2v) is 4.46. The number of rotatable bonds is 4. The molecule has 3 heteroatoms. The maximum atomic E-state index is 4.24. The molecule has 0 aliphatic rings. The number of pyridine rings is 1. The number of anilines is 2. The first-order valence-electron chi connectivity index (χ1n) is 6.09. The van der Waals surface area contributed by atoms with Gasteiger partial charge >= 0.3 is 0 Å². The van der Waals surface area contributed by atoms with Crippen molar-refractivity contribution in [2.45, 2.75) is 13.5 Å². The molecule has 3 nitrogen and oxygen atoms in total. The molecule has 2 rings (SSSR count). The van der Waals surface area contributed by atoms with Gasteiger partial charge in [-0.05, 0) is 24.1 Å². The lowest BCUT2D eigenvalue weighted by Crippen LogP contribution is -2.17. The minimum atomic E-state index is 0.890. The fourth-order valence-corrected chi connectivity index (χ4v) is 1.91. The fourth-order valence-electron chi connectivity index (χ4n) is 1.91. The predicted octanol–water partition coefficient (Wildman–Crippen LogP) is 3.07. The molecule has 1 aromatic carbocycles. The zero-order chi connectivity index (χ0) is 13.0. The van der Waals surface area contributed by atoms with E-state index in [1.54, 1.807) is 0 Å². The third-order valence-electron chi connectivity index (χ3n) is 3.12. The fraction of sp³-hybridized carbons (Fsp3) is 0.267. The first-order chi connectivity index (χ1) is 8.70. The lowest BCUT2D eigenvalue weighted by Gasteiger charge is -2.20. The van der Waals surface area contributed by atoms with Crippen molar-refractivity contribution >= 4 is 11.4 Å². The van der Waals surface area contributed by atoms with Gasteiger partial charge in [0.15, 0.2) is 0 Å². The number of hydrogen-bond donors (Lipinski definition) is 1. The van der Waals surface area contributed by atoms with Crippen molar-refractivity contribution in [3.05, 3.63) is 53.9 Å². The summed E-state index contributed by atoms with van der Waals surface area (Å²) in [7, 11) is 3.99. The topological polar surface area (TPSA) is 28.2 Å². The van der Waals surface area contributed by atoms with Gasteiger partial charge in [-0.3, -0.25) is 4.98 Å². The van der Waals surface area contributed by atoms with Crippen LogP contribution in [0, 0.1) is 6.92 Å². The average Bonchev–Trinajstić information content (AvgIpc) is 2.41. The van der Waals surface area contributed by atoms with Gasteiger partial charge in [-0.2, -0.15) is 0 Å². The number of benzene rings is 1. The van der Waals surface area contributed by atoms with Crippen LogP contribution in [0.3, 0.4) is 0 Å². The van der Waals surface area contributed by atoms with E-state index in [4.69, 9.17) is 0 Å². The van der Waals surface area contributed by atoms with Crippen molar-refractivity contribution in [3.8, 4) is 0 Å². The number of aryl methyl sites for hydroxylation is 1. The molecule has 0 spiro atoms. The van der Waals surface area contributed by atoms with Crippen LogP contribution in [-0.4, -0.2) is 19.1 Å². The smallest absolute Gasteiger partial charge is 0.0573 e. The Morgan fingerprint density at radius 3 is 2.72 bits per heavy atom. The summed E-state index contributed by atoms with van der Waals surface area (Å²) in [6.07, 6.45) is 3.71. The van der Waals surface area contributed by atoms with Gasteiger partial charge in [-0.25, -0.2) is 0 Å². The van der Waals surface area contributed by atoms with Crippen molar-refractivity contribution in [3.63, 3.8) is 0 Å². The third kappa shape index (κ3) is 2.80. The van der Waals surface area contributed by atoms with E-state index < -0.39 is 0 Å². The molecular formula is C15H19N3. The predicted molar refractivity (Wildman–Crippen MR) is 77.1 cm³/mol. The van der Waals surface area contributed by atoms with E-state index in [0.717, 1.165) is 17.9 Å². The second-order valence-electron chi connectivity index (χ2n) is 4.46. The molecule has 0 fully saturated rings. The monoisotopic (exact) mass is 241 g/mol. The summed E-state index contributed by atoms with van der Waals surface area (Å²) in [4.78, 5) is 6.44. The van der Waals surface area contributed by atoms with Gasteiger partial charge in [-0.15, -0.1) is 0 Å². The van der Waals surface area contributed by atoms with Crippen molar-refractivity contribution in [1.29, 1.82) is 0 Å². The Balaban J connectivity index is 2.16. The summed E-state index contributed by atoms with van der Waals surface area (Å²) in [6, 6.07) is 10.6. The molecule has 94 valence electrons. The highest BCUT2D eigenvalue weighted by Gasteiger charge is 2.05. The van der Waals surface area contributed by atoms with Crippen LogP contribution in [-0.2, 0) is 6.54 Å². The van der Waals surface area contributed by atoms with E-state index in [2.05, 4.69) is 59.5 Å². The molecule has 0 radical (unpaired) electrons. The molecule has 0 saturated carbocycles. The van der Waals surface area contributed by atoms with Gasteiger partial charge in [0.25, 0.3) is 0 Å².